The van der Waals surface area contributed by atoms with Gasteiger partial charge in [-0.25, -0.2) is 0 Å². The first-order valence-corrected chi connectivity index (χ1v) is 6.72. The minimum atomic E-state index is -0.711. The van der Waals surface area contributed by atoms with Crippen molar-refractivity contribution in [2.45, 2.75) is 31.5 Å². The van der Waals surface area contributed by atoms with Crippen LogP contribution in [-0.2, 0) is 20.4 Å². The van der Waals surface area contributed by atoms with Crippen molar-refractivity contribution < 1.29 is 25.5 Å². The molecule has 3 aliphatic heterocycles. The Labute approximate surface area is 137 Å². The van der Waals surface area contributed by atoms with Gasteiger partial charge in [0, 0.05) is 50.9 Å². The van der Waals surface area contributed by atoms with Crippen LogP contribution >= 0.6 is 0 Å². The maximum absolute atomic E-state index is 10.3. The molecule has 0 aliphatic carbocycles. The van der Waals surface area contributed by atoms with Gasteiger partial charge in [0.15, 0.2) is 0 Å². The van der Waals surface area contributed by atoms with Crippen molar-refractivity contribution in [2.24, 2.45) is 15.7 Å². The first-order chi connectivity index (χ1) is 9.50. The molecule has 0 saturated carbocycles. The van der Waals surface area contributed by atoms with E-state index in [2.05, 4.69) is 32.3 Å². The number of guanidine groups is 1. The van der Waals surface area contributed by atoms with E-state index in [-0.39, 0.29) is 32.5 Å². The maximum atomic E-state index is 10.3. The Morgan fingerprint density at radius 3 is 3.05 bits per heavy atom. The summed E-state index contributed by atoms with van der Waals surface area (Å²) in [4.78, 5) is 10.6. The van der Waals surface area contributed by atoms with Crippen molar-refractivity contribution in [3.8, 4) is 0 Å². The zero-order chi connectivity index (χ0) is 14.3. The smallest absolute Gasteiger partial charge is 0.216 e. The molecule has 3 heterocycles. The number of nitrogens with one attached hydrogen (secondary N) is 1. The molecule has 0 spiro atoms. The van der Waals surface area contributed by atoms with E-state index in [0.29, 0.717) is 6.54 Å². The Morgan fingerprint density at radius 2 is 2.38 bits per heavy atom. The molecule has 0 aromatic carbocycles. The number of aliphatic imine (C=N–C) groups is 2. The maximum Gasteiger partial charge on any atom is 0.216 e. The van der Waals surface area contributed by atoms with Crippen molar-refractivity contribution in [3.05, 3.63) is 29.4 Å². The molecule has 1 unspecified atom stereocenters. The molecule has 0 aromatic heterocycles. The Balaban J connectivity index is 0.00000161. The van der Waals surface area contributed by atoms with Gasteiger partial charge in [0.1, 0.15) is 5.84 Å². The van der Waals surface area contributed by atoms with Crippen LogP contribution < -0.4 is 11.2 Å². The summed E-state index contributed by atoms with van der Waals surface area (Å²) in [6, 6.07) is 0. The minimum Gasteiger partial charge on any atom is -0.545 e. The zero-order valence-corrected chi connectivity index (χ0v) is 14.6. The van der Waals surface area contributed by atoms with Crippen LogP contribution in [0.15, 0.2) is 33.9 Å². The molecule has 4 N–H and O–H groups in total. The Bertz CT molecular complexity index is 539. The molecule has 0 bridgehead atoms. The number of hydrogen-bond donors (Lipinski definition) is 3. The first-order valence-electron chi connectivity index (χ1n) is 6.72. The van der Waals surface area contributed by atoms with Gasteiger partial charge >= 0.3 is 0 Å². The van der Waals surface area contributed by atoms with Crippen LogP contribution in [0.5, 0.6) is 0 Å². The minimum absolute atomic E-state index is 0. The van der Waals surface area contributed by atoms with Crippen LogP contribution in [0.1, 0.15) is 19.8 Å². The molecule has 3 aliphatic rings. The van der Waals surface area contributed by atoms with Crippen LogP contribution in [-0.4, -0.2) is 46.7 Å². The van der Waals surface area contributed by atoms with Gasteiger partial charge in [0.2, 0.25) is 5.96 Å². The van der Waals surface area contributed by atoms with E-state index in [1.54, 1.807) is 6.08 Å². The number of β-amino-alcohol motifs (C(OH)–C–C–N with tert-alkyl or cyclic N) is 1. The molecule has 115 valence electrons. The number of rotatable bonds is 1. The molecule has 7 nitrogen and oxygen atoms in total. The van der Waals surface area contributed by atoms with Gasteiger partial charge in [-0.15, -0.1) is 0 Å². The molecule has 1 saturated heterocycles. The van der Waals surface area contributed by atoms with E-state index in [1.165, 1.54) is 0 Å². The van der Waals surface area contributed by atoms with E-state index in [4.69, 9.17) is 5.73 Å². The molecule has 8 heteroatoms. The van der Waals surface area contributed by atoms with Crippen LogP contribution in [0.3, 0.4) is 0 Å². The van der Waals surface area contributed by atoms with E-state index in [9.17, 15) is 5.11 Å². The van der Waals surface area contributed by atoms with Crippen molar-refractivity contribution in [3.63, 3.8) is 0 Å². The standard InChI is InChI=1S/C13H19N6O.Re/c1-3-8-9-10(18-17-8)15-12(14)16-11(9)19-6-4-5-13(2,20)7-19;/h3,10,17,20H,1,4-7H2,2H3,(H2,14,15);/q-1;/t10?,13-;/m0./s1. The van der Waals surface area contributed by atoms with E-state index in [1.807, 2.05) is 6.92 Å². The number of fused-ring (bicyclic) bond motifs is 1. The van der Waals surface area contributed by atoms with E-state index < -0.39 is 5.60 Å². The Kier molecular flexibility index (Phi) is 4.54. The zero-order valence-electron chi connectivity index (χ0n) is 11.9. The summed E-state index contributed by atoms with van der Waals surface area (Å²) in [6.07, 6.45) is 3.03. The van der Waals surface area contributed by atoms with Crippen LogP contribution in [0, 0.1) is 0 Å². The monoisotopic (exact) mass is 462 g/mol. The van der Waals surface area contributed by atoms with Gasteiger partial charge in [-0.1, -0.05) is 6.58 Å². The molecular formula is C13H19N6ORe-. The Hall–Kier alpha value is -1.20. The van der Waals surface area contributed by atoms with Crippen molar-refractivity contribution in [2.75, 3.05) is 13.1 Å². The molecular weight excluding hydrogens is 442 g/mol. The normalized spacial score (nSPS) is 31.7. The van der Waals surface area contributed by atoms with Gasteiger partial charge in [-0.2, -0.15) is 4.99 Å². The molecule has 1 fully saturated rings. The third-order valence-corrected chi connectivity index (χ3v) is 3.75. The summed E-state index contributed by atoms with van der Waals surface area (Å²) in [5.41, 5.74) is 13.9. The average Bonchev–Trinajstić information content (AvgIpc) is 2.79. The molecule has 2 atom stereocenters. The number of nitrogens with two attached hydrogens (primary N) is 1. The molecule has 1 radical (unpaired) electrons. The third-order valence-electron chi connectivity index (χ3n) is 3.75. The Morgan fingerprint density at radius 1 is 1.62 bits per heavy atom. The fourth-order valence-electron chi connectivity index (χ4n) is 2.84. The molecule has 3 rings (SSSR count). The van der Waals surface area contributed by atoms with E-state index in [0.717, 1.165) is 36.5 Å². The third kappa shape index (κ3) is 3.04. The summed E-state index contributed by atoms with van der Waals surface area (Å²) in [6.45, 7) is 6.99. The topological polar surface area (TPSA) is 100 Å². The fourth-order valence-corrected chi connectivity index (χ4v) is 2.84. The van der Waals surface area contributed by atoms with Crippen molar-refractivity contribution >= 4 is 11.8 Å². The van der Waals surface area contributed by atoms with Crippen molar-refractivity contribution in [1.82, 2.24) is 10.3 Å². The fraction of sp³-hybridized carbons (Fsp3) is 0.538. The number of nitrogens with zero attached hydrogens (tertiary/aromatic N) is 4. The van der Waals surface area contributed by atoms with Gasteiger partial charge in [0.05, 0.1) is 5.60 Å². The number of likely N-dealkylation sites (tertiary alicyclic amines) is 1. The number of hydrogen-bond acceptors (Lipinski definition) is 6. The summed E-state index contributed by atoms with van der Waals surface area (Å²) in [7, 11) is 0. The van der Waals surface area contributed by atoms with Crippen LogP contribution in [0.25, 0.3) is 5.43 Å². The molecule has 21 heavy (non-hydrogen) atoms. The number of piperidine rings is 1. The molecule has 0 aromatic rings. The number of amidine groups is 1. The van der Waals surface area contributed by atoms with Crippen LogP contribution in [0.2, 0.25) is 0 Å². The molecule has 0 amide bonds. The largest absolute Gasteiger partial charge is 0.545 e. The second-order valence-corrected chi connectivity index (χ2v) is 5.59. The number of allylic oxidation sites excluding steroid dienone is 1. The summed E-state index contributed by atoms with van der Waals surface area (Å²) >= 11 is 0. The van der Waals surface area contributed by atoms with E-state index >= 15 is 0 Å². The second-order valence-electron chi connectivity index (χ2n) is 5.59. The predicted octanol–water partition coefficient (Wildman–Crippen LogP) is 0.216. The summed E-state index contributed by atoms with van der Waals surface area (Å²) in [5, 5.41) is 10.3. The first kappa shape index (κ1) is 16.2. The predicted molar refractivity (Wildman–Crippen MR) is 78.0 cm³/mol. The van der Waals surface area contributed by atoms with Gasteiger partial charge in [-0.05, 0) is 25.8 Å². The van der Waals surface area contributed by atoms with Crippen LogP contribution in [0.4, 0.5) is 0 Å². The quantitative estimate of drug-likeness (QED) is 0.520. The summed E-state index contributed by atoms with van der Waals surface area (Å²) < 4.78 is 0. The van der Waals surface area contributed by atoms with Gasteiger partial charge in [0.25, 0.3) is 0 Å². The van der Waals surface area contributed by atoms with Crippen molar-refractivity contribution in [1.29, 1.82) is 0 Å². The van der Waals surface area contributed by atoms with Gasteiger partial charge in [-0.3, -0.25) is 4.99 Å². The second kappa shape index (κ2) is 5.89. The number of aliphatic hydroxyl groups is 1. The SMILES string of the molecule is C=CC1=C2C(N3CCC[C@](C)(O)C3)=NC(N)=NC2[N-]N1.[Re]. The average molecular weight is 462 g/mol. The van der Waals surface area contributed by atoms with Gasteiger partial charge < -0.3 is 26.6 Å². The summed E-state index contributed by atoms with van der Waals surface area (Å²) in [5.74, 6) is 0.959.